The number of aromatic nitrogens is 1. The Morgan fingerprint density at radius 1 is 1.42 bits per heavy atom. The molecular formula is C15H27N3S. The second kappa shape index (κ2) is 8.43. The molecule has 0 radical (unpaired) electrons. The highest BCUT2D eigenvalue weighted by atomic mass is 32.2. The summed E-state index contributed by atoms with van der Waals surface area (Å²) in [7, 11) is 0. The summed E-state index contributed by atoms with van der Waals surface area (Å²) in [6.07, 6.45) is 4.16. The van der Waals surface area contributed by atoms with Crippen LogP contribution in [-0.4, -0.2) is 22.5 Å². The molecule has 0 bridgehead atoms. The number of pyridine rings is 1. The number of nitrogens with zero attached hydrogens (tertiary/aromatic N) is 1. The van der Waals surface area contributed by atoms with Gasteiger partial charge in [0.1, 0.15) is 5.82 Å². The largest absolute Gasteiger partial charge is 0.383 e. The average molecular weight is 281 g/mol. The first kappa shape index (κ1) is 16.3. The molecule has 1 aromatic rings. The molecule has 2 atom stereocenters. The fourth-order valence-corrected chi connectivity index (χ4v) is 2.89. The summed E-state index contributed by atoms with van der Waals surface area (Å²) in [6, 6.07) is 2.46. The highest BCUT2D eigenvalue weighted by Crippen LogP contribution is 2.26. The monoisotopic (exact) mass is 281 g/mol. The van der Waals surface area contributed by atoms with Crippen LogP contribution in [0.3, 0.4) is 0 Å². The van der Waals surface area contributed by atoms with E-state index in [-0.39, 0.29) is 0 Å². The minimum atomic E-state index is 0.298. The zero-order valence-electron chi connectivity index (χ0n) is 12.6. The number of hydrogen-bond acceptors (Lipinski definition) is 4. The van der Waals surface area contributed by atoms with Gasteiger partial charge in [0, 0.05) is 28.8 Å². The summed E-state index contributed by atoms with van der Waals surface area (Å²) in [4.78, 5) is 4.28. The lowest BCUT2D eigenvalue weighted by molar-refractivity contribution is 0.576. The third-order valence-electron chi connectivity index (χ3n) is 3.22. The second-order valence-electron chi connectivity index (χ2n) is 5.05. The number of nitrogen functional groups attached to an aromatic ring is 1. The Balaban J connectivity index is 2.79. The van der Waals surface area contributed by atoms with Gasteiger partial charge in [0.05, 0.1) is 0 Å². The van der Waals surface area contributed by atoms with E-state index >= 15 is 0 Å². The van der Waals surface area contributed by atoms with Crippen LogP contribution in [0, 0.1) is 6.92 Å². The molecule has 0 aliphatic heterocycles. The maximum atomic E-state index is 6.04. The molecule has 4 heteroatoms. The zero-order valence-corrected chi connectivity index (χ0v) is 13.4. The highest BCUT2D eigenvalue weighted by Gasteiger charge is 2.16. The molecule has 0 saturated carbocycles. The van der Waals surface area contributed by atoms with E-state index in [1.807, 2.05) is 18.0 Å². The Bertz CT molecular complexity index is 382. The Labute approximate surface area is 121 Å². The van der Waals surface area contributed by atoms with Crippen molar-refractivity contribution in [2.45, 2.75) is 51.8 Å². The van der Waals surface area contributed by atoms with Crippen molar-refractivity contribution < 1.29 is 0 Å². The van der Waals surface area contributed by atoms with Crippen molar-refractivity contribution in [1.82, 2.24) is 10.3 Å². The maximum absolute atomic E-state index is 6.04. The Morgan fingerprint density at radius 3 is 2.79 bits per heavy atom. The first-order chi connectivity index (χ1) is 9.08. The smallest absolute Gasteiger partial charge is 0.128 e. The van der Waals surface area contributed by atoms with Crippen LogP contribution in [0.5, 0.6) is 0 Å². The molecule has 0 fully saturated rings. The summed E-state index contributed by atoms with van der Waals surface area (Å²) in [6.45, 7) is 9.77. The van der Waals surface area contributed by atoms with Gasteiger partial charge in [0.25, 0.3) is 0 Å². The highest BCUT2D eigenvalue weighted by molar-refractivity contribution is 7.99. The number of hydrogen-bond donors (Lipinski definition) is 2. The summed E-state index contributed by atoms with van der Waals surface area (Å²) in [5.41, 5.74) is 8.35. The second-order valence-corrected chi connectivity index (χ2v) is 6.52. The van der Waals surface area contributed by atoms with Crippen LogP contribution in [0.4, 0.5) is 5.82 Å². The summed E-state index contributed by atoms with van der Waals surface area (Å²) >= 11 is 2.00. The van der Waals surface area contributed by atoms with E-state index in [0.29, 0.717) is 17.1 Å². The molecule has 2 unspecified atom stereocenters. The number of aryl methyl sites for hydroxylation is 1. The van der Waals surface area contributed by atoms with Gasteiger partial charge in [0.2, 0.25) is 0 Å². The Hall–Kier alpha value is -0.740. The van der Waals surface area contributed by atoms with E-state index in [2.05, 4.69) is 44.1 Å². The molecule has 1 aromatic heterocycles. The van der Waals surface area contributed by atoms with Gasteiger partial charge >= 0.3 is 0 Å². The topological polar surface area (TPSA) is 50.9 Å². The van der Waals surface area contributed by atoms with Gasteiger partial charge in [-0.15, -0.1) is 0 Å². The average Bonchev–Trinajstić information content (AvgIpc) is 2.41. The number of thioether (sulfide) groups is 1. The van der Waals surface area contributed by atoms with Gasteiger partial charge < -0.3 is 11.1 Å². The lowest BCUT2D eigenvalue weighted by Gasteiger charge is -2.21. The van der Waals surface area contributed by atoms with E-state index < -0.39 is 0 Å². The molecule has 0 aromatic carbocycles. The van der Waals surface area contributed by atoms with E-state index in [1.54, 1.807) is 0 Å². The summed E-state index contributed by atoms with van der Waals surface area (Å²) < 4.78 is 0. The normalized spacial score (nSPS) is 14.3. The molecule has 0 aliphatic rings. The van der Waals surface area contributed by atoms with Crippen LogP contribution in [0.1, 0.15) is 50.8 Å². The van der Waals surface area contributed by atoms with E-state index in [1.165, 1.54) is 12.0 Å². The first-order valence-corrected chi connectivity index (χ1v) is 8.20. The van der Waals surface area contributed by atoms with Crippen molar-refractivity contribution in [3.63, 3.8) is 0 Å². The van der Waals surface area contributed by atoms with Gasteiger partial charge in [-0.1, -0.05) is 20.8 Å². The molecule has 0 saturated heterocycles. The van der Waals surface area contributed by atoms with Crippen molar-refractivity contribution in [3.05, 3.63) is 23.4 Å². The molecule has 3 nitrogen and oxygen atoms in total. The Kier molecular flexibility index (Phi) is 7.24. The molecule has 0 spiro atoms. The first-order valence-electron chi connectivity index (χ1n) is 7.15. The van der Waals surface area contributed by atoms with Crippen LogP contribution >= 0.6 is 11.8 Å². The zero-order chi connectivity index (χ0) is 14.3. The van der Waals surface area contributed by atoms with Gasteiger partial charge in [0.15, 0.2) is 0 Å². The quantitative estimate of drug-likeness (QED) is 0.765. The molecule has 19 heavy (non-hydrogen) atoms. The molecule has 1 heterocycles. The number of anilines is 1. The Morgan fingerprint density at radius 2 is 2.16 bits per heavy atom. The van der Waals surface area contributed by atoms with Crippen molar-refractivity contribution in [3.8, 4) is 0 Å². The lowest BCUT2D eigenvalue weighted by atomic mass is 10.1. The van der Waals surface area contributed by atoms with E-state index in [9.17, 15) is 0 Å². The predicted molar refractivity (Wildman–Crippen MR) is 86.6 cm³/mol. The van der Waals surface area contributed by atoms with Crippen molar-refractivity contribution in [2.24, 2.45) is 0 Å². The number of nitrogens with one attached hydrogen (secondary N) is 1. The molecular weight excluding hydrogens is 254 g/mol. The van der Waals surface area contributed by atoms with Gasteiger partial charge in [-0.25, -0.2) is 4.98 Å². The van der Waals surface area contributed by atoms with Crippen LogP contribution < -0.4 is 11.1 Å². The maximum Gasteiger partial charge on any atom is 0.128 e. The van der Waals surface area contributed by atoms with Crippen LogP contribution in [0.25, 0.3) is 0 Å². The predicted octanol–water partition coefficient (Wildman–Crippen LogP) is 3.54. The minimum absolute atomic E-state index is 0.298. The van der Waals surface area contributed by atoms with Crippen LogP contribution in [0.15, 0.2) is 12.3 Å². The number of nitrogens with two attached hydrogens (primary N) is 1. The molecule has 108 valence electrons. The fourth-order valence-electron chi connectivity index (χ4n) is 1.84. The van der Waals surface area contributed by atoms with Crippen molar-refractivity contribution >= 4 is 17.6 Å². The summed E-state index contributed by atoms with van der Waals surface area (Å²) in [5.74, 6) is 1.70. The SMILES string of the molecule is CCCNC(CSC(C)CC)c1cc(C)cnc1N. The van der Waals surface area contributed by atoms with Gasteiger partial charge in [-0.2, -0.15) is 11.8 Å². The van der Waals surface area contributed by atoms with Gasteiger partial charge in [-0.3, -0.25) is 0 Å². The third kappa shape index (κ3) is 5.41. The van der Waals surface area contributed by atoms with E-state index in [0.717, 1.165) is 24.3 Å². The standard InChI is InChI=1S/C15H27N3S/c1-5-7-17-14(10-19-12(4)6-2)13-8-11(3)9-18-15(13)16/h8-9,12,14,17H,5-7,10H2,1-4H3,(H2,16,18). The van der Waals surface area contributed by atoms with Crippen molar-refractivity contribution in [1.29, 1.82) is 0 Å². The molecule has 3 N–H and O–H groups in total. The van der Waals surface area contributed by atoms with E-state index in [4.69, 9.17) is 5.73 Å². The van der Waals surface area contributed by atoms with Crippen LogP contribution in [0.2, 0.25) is 0 Å². The third-order valence-corrected chi connectivity index (χ3v) is 4.65. The number of rotatable bonds is 8. The minimum Gasteiger partial charge on any atom is -0.383 e. The molecule has 0 amide bonds. The fraction of sp³-hybridized carbons (Fsp3) is 0.667. The lowest BCUT2D eigenvalue weighted by Crippen LogP contribution is -2.26. The van der Waals surface area contributed by atoms with Crippen molar-refractivity contribution in [2.75, 3.05) is 18.0 Å². The van der Waals surface area contributed by atoms with Gasteiger partial charge in [-0.05, 0) is 37.9 Å². The van der Waals surface area contributed by atoms with Crippen LogP contribution in [-0.2, 0) is 0 Å². The molecule has 1 rings (SSSR count). The summed E-state index contributed by atoms with van der Waals surface area (Å²) in [5, 5.41) is 4.28. The molecule has 0 aliphatic carbocycles.